The van der Waals surface area contributed by atoms with Crippen molar-refractivity contribution in [2.75, 3.05) is 18.8 Å². The molecule has 0 aromatic carbocycles. The first-order chi connectivity index (χ1) is 12.0. The van der Waals surface area contributed by atoms with Crippen LogP contribution in [0.15, 0.2) is 0 Å². The Bertz CT molecular complexity index is 374. The Hall–Kier alpha value is -0.170. The summed E-state index contributed by atoms with van der Waals surface area (Å²) in [5.74, 6) is -0.598. The van der Waals surface area contributed by atoms with Crippen molar-refractivity contribution in [3.05, 3.63) is 0 Å². The molecule has 0 rings (SSSR count). The first-order valence-corrected chi connectivity index (χ1v) is 11.9. The molecule has 152 valence electrons. The summed E-state index contributed by atoms with van der Waals surface area (Å²) in [6.07, 6.45) is 17.5. The van der Waals surface area contributed by atoms with Crippen LogP contribution in [0, 0.1) is 0 Å². The highest BCUT2D eigenvalue weighted by atomic mass is 32.2. The zero-order valence-electron chi connectivity index (χ0n) is 16.2. The zero-order chi connectivity index (χ0) is 18.8. The Morgan fingerprint density at radius 3 is 1.56 bits per heavy atom. The van der Waals surface area contributed by atoms with Gasteiger partial charge in [-0.3, -0.25) is 4.55 Å². The summed E-state index contributed by atoms with van der Waals surface area (Å²) in [6, 6.07) is 0. The Balaban J connectivity index is 3.14. The van der Waals surface area contributed by atoms with Crippen LogP contribution in [0.1, 0.15) is 96.8 Å². The molecule has 1 atom stereocenters. The fourth-order valence-electron chi connectivity index (χ4n) is 3.02. The molecule has 0 amide bonds. The lowest BCUT2D eigenvalue weighted by Crippen LogP contribution is -2.32. The van der Waals surface area contributed by atoms with E-state index >= 15 is 0 Å². The van der Waals surface area contributed by atoms with Gasteiger partial charge in [-0.15, -0.1) is 0 Å². The van der Waals surface area contributed by atoms with E-state index in [0.29, 0.717) is 0 Å². The Kier molecular flexibility index (Phi) is 17.1. The van der Waals surface area contributed by atoms with Crippen LogP contribution >= 0.6 is 0 Å². The van der Waals surface area contributed by atoms with E-state index < -0.39 is 22.0 Å². The molecule has 0 aliphatic carbocycles. The van der Waals surface area contributed by atoms with E-state index in [-0.39, 0.29) is 6.54 Å². The lowest BCUT2D eigenvalue weighted by Gasteiger charge is -2.10. The molecular formula is C19H41NO4S. The first-order valence-electron chi connectivity index (χ1n) is 10.3. The highest BCUT2D eigenvalue weighted by Crippen LogP contribution is 2.12. The fraction of sp³-hybridized carbons (Fsp3) is 1.00. The van der Waals surface area contributed by atoms with Crippen LogP contribution in [0.5, 0.6) is 0 Å². The molecule has 0 saturated carbocycles. The van der Waals surface area contributed by atoms with Gasteiger partial charge in [-0.05, 0) is 13.0 Å². The van der Waals surface area contributed by atoms with Crippen molar-refractivity contribution < 1.29 is 18.1 Å². The summed E-state index contributed by atoms with van der Waals surface area (Å²) >= 11 is 0. The van der Waals surface area contributed by atoms with Gasteiger partial charge in [-0.2, -0.15) is 8.42 Å². The quantitative estimate of drug-likeness (QED) is 0.230. The summed E-state index contributed by atoms with van der Waals surface area (Å²) in [7, 11) is -4.09. The van der Waals surface area contributed by atoms with E-state index in [1.807, 2.05) is 0 Å². The van der Waals surface area contributed by atoms with Gasteiger partial charge in [0, 0.05) is 6.54 Å². The summed E-state index contributed by atoms with van der Waals surface area (Å²) in [4.78, 5) is 0. The monoisotopic (exact) mass is 379 g/mol. The van der Waals surface area contributed by atoms with Crippen LogP contribution in [-0.2, 0) is 10.1 Å². The van der Waals surface area contributed by atoms with Crippen LogP contribution < -0.4 is 5.32 Å². The molecule has 0 aromatic rings. The molecule has 0 fully saturated rings. The van der Waals surface area contributed by atoms with Crippen molar-refractivity contribution in [1.29, 1.82) is 0 Å². The maximum absolute atomic E-state index is 10.6. The van der Waals surface area contributed by atoms with Crippen molar-refractivity contribution in [2.45, 2.75) is 103 Å². The van der Waals surface area contributed by atoms with Gasteiger partial charge >= 0.3 is 0 Å². The number of rotatable bonds is 19. The van der Waals surface area contributed by atoms with Gasteiger partial charge < -0.3 is 10.4 Å². The number of nitrogens with one attached hydrogen (secondary N) is 1. The molecule has 0 aliphatic heterocycles. The van der Waals surface area contributed by atoms with Crippen molar-refractivity contribution >= 4 is 10.1 Å². The smallest absolute Gasteiger partial charge is 0.267 e. The lowest BCUT2D eigenvalue weighted by atomic mass is 10.0. The second-order valence-electron chi connectivity index (χ2n) is 7.20. The van der Waals surface area contributed by atoms with Crippen LogP contribution in [0.4, 0.5) is 0 Å². The number of unbranched alkanes of at least 4 members (excludes halogenated alkanes) is 13. The molecule has 0 radical (unpaired) electrons. The Morgan fingerprint density at radius 1 is 0.760 bits per heavy atom. The molecule has 0 saturated heterocycles. The third-order valence-electron chi connectivity index (χ3n) is 4.49. The number of hydrogen-bond acceptors (Lipinski definition) is 4. The largest absolute Gasteiger partial charge is 0.391 e. The predicted octanol–water partition coefficient (Wildman–Crippen LogP) is 4.31. The average molecular weight is 380 g/mol. The maximum Gasteiger partial charge on any atom is 0.267 e. The molecule has 0 bridgehead atoms. The Morgan fingerprint density at radius 2 is 1.16 bits per heavy atom. The van der Waals surface area contributed by atoms with Crippen molar-refractivity contribution in [1.82, 2.24) is 5.32 Å². The fourth-order valence-corrected chi connectivity index (χ4v) is 3.62. The zero-order valence-corrected chi connectivity index (χ0v) is 17.0. The molecule has 0 aliphatic rings. The molecule has 0 spiro atoms. The molecule has 5 nitrogen and oxygen atoms in total. The summed E-state index contributed by atoms with van der Waals surface area (Å²) < 4.78 is 29.8. The van der Waals surface area contributed by atoms with Crippen LogP contribution in [0.2, 0.25) is 0 Å². The Labute approximate surface area is 155 Å². The van der Waals surface area contributed by atoms with Gasteiger partial charge in [0.15, 0.2) is 0 Å². The molecule has 0 heterocycles. The van der Waals surface area contributed by atoms with E-state index in [1.165, 1.54) is 83.5 Å². The van der Waals surface area contributed by atoms with Crippen LogP contribution in [0.25, 0.3) is 0 Å². The summed E-state index contributed by atoms with van der Waals surface area (Å²) in [5.41, 5.74) is 0. The van der Waals surface area contributed by atoms with Crippen LogP contribution in [-0.4, -0.2) is 43.0 Å². The maximum atomic E-state index is 10.6. The van der Waals surface area contributed by atoms with E-state index in [1.54, 1.807) is 0 Å². The minimum atomic E-state index is -4.09. The third-order valence-corrected chi connectivity index (χ3v) is 5.30. The first kappa shape index (κ1) is 24.8. The summed E-state index contributed by atoms with van der Waals surface area (Å²) in [5, 5.41) is 12.4. The van der Waals surface area contributed by atoms with Crippen molar-refractivity contribution in [3.63, 3.8) is 0 Å². The molecule has 25 heavy (non-hydrogen) atoms. The standard InChI is InChI=1S/C19H41NO4S/c1-2-3-4-5-6-7-8-9-10-11-12-13-14-15-16-20-17-19(21)18-25(22,23)24/h19-21H,2-18H2,1H3,(H,22,23,24). The molecule has 6 heteroatoms. The van der Waals surface area contributed by atoms with Gasteiger partial charge in [0.1, 0.15) is 5.75 Å². The topological polar surface area (TPSA) is 86.6 Å². The molecular weight excluding hydrogens is 338 g/mol. The minimum absolute atomic E-state index is 0.207. The van der Waals surface area contributed by atoms with Gasteiger partial charge in [0.2, 0.25) is 0 Å². The van der Waals surface area contributed by atoms with E-state index in [4.69, 9.17) is 4.55 Å². The van der Waals surface area contributed by atoms with Crippen LogP contribution in [0.3, 0.4) is 0 Å². The van der Waals surface area contributed by atoms with Gasteiger partial charge in [-0.25, -0.2) is 0 Å². The lowest BCUT2D eigenvalue weighted by molar-refractivity contribution is 0.191. The molecule has 1 unspecified atom stereocenters. The highest BCUT2D eigenvalue weighted by molar-refractivity contribution is 7.85. The minimum Gasteiger partial charge on any atom is -0.391 e. The molecule has 3 N–H and O–H groups in total. The second kappa shape index (κ2) is 17.3. The highest BCUT2D eigenvalue weighted by Gasteiger charge is 2.13. The summed E-state index contributed by atoms with van der Waals surface area (Å²) in [6.45, 7) is 3.24. The number of hydrogen-bond donors (Lipinski definition) is 3. The number of aliphatic hydroxyl groups excluding tert-OH is 1. The van der Waals surface area contributed by atoms with Gasteiger partial charge in [0.25, 0.3) is 10.1 Å². The van der Waals surface area contributed by atoms with Gasteiger partial charge in [0.05, 0.1) is 6.10 Å². The molecule has 0 aromatic heterocycles. The predicted molar refractivity (Wildman–Crippen MR) is 106 cm³/mol. The van der Waals surface area contributed by atoms with Gasteiger partial charge in [-0.1, -0.05) is 90.4 Å². The van der Waals surface area contributed by atoms with E-state index in [9.17, 15) is 13.5 Å². The normalized spacial score (nSPS) is 13.2. The van der Waals surface area contributed by atoms with E-state index in [0.717, 1.165) is 13.0 Å². The van der Waals surface area contributed by atoms with Crippen molar-refractivity contribution in [3.8, 4) is 0 Å². The van der Waals surface area contributed by atoms with Crippen molar-refractivity contribution in [2.24, 2.45) is 0 Å². The average Bonchev–Trinajstić information content (AvgIpc) is 2.53. The second-order valence-corrected chi connectivity index (χ2v) is 8.70. The van der Waals surface area contributed by atoms with E-state index in [2.05, 4.69) is 12.2 Å². The SMILES string of the molecule is CCCCCCCCCCCCCCCCNCC(O)CS(=O)(=O)O. The number of aliphatic hydroxyl groups is 1. The third kappa shape index (κ3) is 21.8.